The highest BCUT2D eigenvalue weighted by molar-refractivity contribution is 5.72. The van der Waals surface area contributed by atoms with Gasteiger partial charge in [0.1, 0.15) is 17.4 Å². The summed E-state index contributed by atoms with van der Waals surface area (Å²) in [5, 5.41) is 47.6. The van der Waals surface area contributed by atoms with Crippen molar-refractivity contribution >= 4 is 23.2 Å². The lowest BCUT2D eigenvalue weighted by molar-refractivity contribution is -0.393. The van der Waals surface area contributed by atoms with E-state index < -0.39 is 44.9 Å². The average molecular weight is 424 g/mol. The van der Waals surface area contributed by atoms with Gasteiger partial charge in [0.25, 0.3) is 11.4 Å². The van der Waals surface area contributed by atoms with Crippen molar-refractivity contribution in [3.8, 4) is 0 Å². The van der Waals surface area contributed by atoms with Gasteiger partial charge in [-0.2, -0.15) is 0 Å². The van der Waals surface area contributed by atoms with E-state index >= 15 is 0 Å². The standard InChI is InChI=1S/C18H24N4O8/c1-18(2,3)30-17(25)20-15-13(6-4-10(9-23)16(15)24)19-12-7-5-11(21(26)27)8-14(12)22(28)29/h5,7-8,10,16,19,23-24H,4,6,9H2,1-3H3,(H,20,25)/t10-,16-/m1/s1. The molecular formula is C18H24N4O8. The topological polar surface area (TPSA) is 177 Å². The van der Waals surface area contributed by atoms with E-state index in [0.717, 1.165) is 12.1 Å². The minimum Gasteiger partial charge on any atom is -0.444 e. The number of allylic oxidation sites excluding steroid dienone is 1. The summed E-state index contributed by atoms with van der Waals surface area (Å²) in [6, 6.07) is 3.10. The normalized spacial score (nSPS) is 19.2. The third-order valence-corrected chi connectivity index (χ3v) is 4.38. The molecular weight excluding hydrogens is 400 g/mol. The number of rotatable bonds is 6. The van der Waals surface area contributed by atoms with Crippen molar-refractivity contribution in [2.45, 2.75) is 45.3 Å². The molecule has 0 radical (unpaired) electrons. The molecule has 2 rings (SSSR count). The molecule has 0 bridgehead atoms. The van der Waals surface area contributed by atoms with E-state index in [1.165, 1.54) is 6.07 Å². The summed E-state index contributed by atoms with van der Waals surface area (Å²) in [6.07, 6.45) is -1.49. The molecule has 12 nitrogen and oxygen atoms in total. The van der Waals surface area contributed by atoms with Crippen molar-refractivity contribution in [1.82, 2.24) is 5.32 Å². The van der Waals surface area contributed by atoms with Gasteiger partial charge in [-0.05, 0) is 39.7 Å². The van der Waals surface area contributed by atoms with Crippen LogP contribution in [0.4, 0.5) is 21.9 Å². The number of nitro benzene ring substituents is 2. The Balaban J connectivity index is 2.43. The Morgan fingerprint density at radius 2 is 1.93 bits per heavy atom. The van der Waals surface area contributed by atoms with E-state index in [9.17, 15) is 35.2 Å². The molecule has 0 spiro atoms. The number of amides is 1. The molecule has 0 heterocycles. The second-order valence-electron chi connectivity index (χ2n) is 7.79. The molecule has 2 atom stereocenters. The molecule has 1 aliphatic rings. The first-order valence-electron chi connectivity index (χ1n) is 9.14. The number of alkyl carbamates (subject to hydrolysis) is 1. The zero-order valence-electron chi connectivity index (χ0n) is 16.7. The van der Waals surface area contributed by atoms with Gasteiger partial charge < -0.3 is 20.3 Å². The number of nitrogens with one attached hydrogen (secondary N) is 2. The zero-order chi connectivity index (χ0) is 22.6. The number of ether oxygens (including phenoxy) is 1. The van der Waals surface area contributed by atoms with E-state index in [4.69, 9.17) is 4.74 Å². The van der Waals surface area contributed by atoms with Gasteiger partial charge in [0.15, 0.2) is 0 Å². The Bertz CT molecular complexity index is 877. The summed E-state index contributed by atoms with van der Waals surface area (Å²) >= 11 is 0. The van der Waals surface area contributed by atoms with Gasteiger partial charge in [0.2, 0.25) is 0 Å². The maximum absolute atomic E-state index is 12.2. The van der Waals surface area contributed by atoms with Gasteiger partial charge in [-0.1, -0.05) is 0 Å². The maximum Gasteiger partial charge on any atom is 0.412 e. The van der Waals surface area contributed by atoms with Crippen LogP contribution < -0.4 is 10.6 Å². The predicted molar refractivity (Wildman–Crippen MR) is 106 cm³/mol. The first-order valence-corrected chi connectivity index (χ1v) is 9.14. The fourth-order valence-electron chi connectivity index (χ4n) is 2.97. The van der Waals surface area contributed by atoms with Gasteiger partial charge in [-0.25, -0.2) is 4.79 Å². The Kier molecular flexibility index (Phi) is 6.95. The molecule has 0 saturated carbocycles. The molecule has 1 aliphatic carbocycles. The van der Waals surface area contributed by atoms with E-state index in [-0.39, 0.29) is 30.1 Å². The van der Waals surface area contributed by atoms with Gasteiger partial charge >= 0.3 is 6.09 Å². The highest BCUT2D eigenvalue weighted by Crippen LogP contribution is 2.34. The van der Waals surface area contributed by atoms with Crippen LogP contribution in [0.25, 0.3) is 0 Å². The van der Waals surface area contributed by atoms with Crippen LogP contribution in [0.15, 0.2) is 29.6 Å². The van der Waals surface area contributed by atoms with Crippen molar-refractivity contribution < 1.29 is 29.6 Å². The lowest BCUT2D eigenvalue weighted by Gasteiger charge is -2.32. The summed E-state index contributed by atoms with van der Waals surface area (Å²) in [5.74, 6) is -0.549. The first kappa shape index (κ1) is 23.0. The molecule has 1 aromatic carbocycles. The van der Waals surface area contributed by atoms with Crippen LogP contribution in [0.1, 0.15) is 33.6 Å². The number of aliphatic hydroxyl groups excluding tert-OH is 2. The molecule has 30 heavy (non-hydrogen) atoms. The molecule has 0 aromatic heterocycles. The largest absolute Gasteiger partial charge is 0.444 e. The third-order valence-electron chi connectivity index (χ3n) is 4.38. The number of nitrogens with zero attached hydrogens (tertiary/aromatic N) is 2. The number of carbonyl (C=O) groups is 1. The minimum absolute atomic E-state index is 0.0159. The number of benzene rings is 1. The number of nitro groups is 2. The second kappa shape index (κ2) is 9.05. The van der Waals surface area contributed by atoms with Crippen molar-refractivity contribution in [3.05, 3.63) is 49.8 Å². The molecule has 0 fully saturated rings. The number of aliphatic hydroxyl groups is 2. The lowest BCUT2D eigenvalue weighted by atomic mass is 9.87. The van der Waals surface area contributed by atoms with Crippen LogP contribution >= 0.6 is 0 Å². The highest BCUT2D eigenvalue weighted by Gasteiger charge is 2.33. The Hall–Kier alpha value is -3.25. The molecule has 12 heteroatoms. The highest BCUT2D eigenvalue weighted by atomic mass is 16.6. The van der Waals surface area contributed by atoms with Gasteiger partial charge in [-0.15, -0.1) is 0 Å². The molecule has 1 amide bonds. The number of anilines is 1. The number of carbonyl (C=O) groups excluding carboxylic acids is 1. The van der Waals surface area contributed by atoms with E-state index in [1.807, 2.05) is 0 Å². The van der Waals surface area contributed by atoms with Crippen molar-refractivity contribution in [2.24, 2.45) is 5.92 Å². The summed E-state index contributed by atoms with van der Waals surface area (Å²) < 4.78 is 5.19. The van der Waals surface area contributed by atoms with Crippen molar-refractivity contribution in [3.63, 3.8) is 0 Å². The summed E-state index contributed by atoms with van der Waals surface area (Å²) in [7, 11) is 0. The molecule has 0 saturated heterocycles. The fourth-order valence-corrected chi connectivity index (χ4v) is 2.97. The summed E-state index contributed by atoms with van der Waals surface area (Å²) in [6.45, 7) is 4.65. The van der Waals surface area contributed by atoms with Crippen molar-refractivity contribution in [2.75, 3.05) is 11.9 Å². The van der Waals surface area contributed by atoms with Crippen LogP contribution in [0, 0.1) is 26.1 Å². The van der Waals surface area contributed by atoms with Gasteiger partial charge in [0.05, 0.1) is 21.6 Å². The minimum atomic E-state index is -1.25. The lowest BCUT2D eigenvalue weighted by Crippen LogP contribution is -2.42. The van der Waals surface area contributed by atoms with Gasteiger partial charge in [0, 0.05) is 24.3 Å². The smallest absolute Gasteiger partial charge is 0.412 e. The quantitative estimate of drug-likeness (QED) is 0.394. The van der Waals surface area contributed by atoms with Crippen LogP contribution in [-0.4, -0.2) is 44.5 Å². The molecule has 1 aromatic rings. The van der Waals surface area contributed by atoms with Crippen molar-refractivity contribution in [1.29, 1.82) is 0 Å². The van der Waals surface area contributed by atoms with Crippen LogP contribution in [0.2, 0.25) is 0 Å². The SMILES string of the molecule is CC(C)(C)OC(=O)NC1=C(Nc2ccc([N+](=O)[O-])cc2[N+](=O)[O-])CC[C@H](CO)[C@H]1O. The van der Waals surface area contributed by atoms with Crippen LogP contribution in [0.5, 0.6) is 0 Å². The summed E-state index contributed by atoms with van der Waals surface area (Å²) in [5.41, 5.74) is -1.54. The van der Waals surface area contributed by atoms with E-state index in [0.29, 0.717) is 6.42 Å². The molecule has 164 valence electrons. The Labute approximate surface area is 171 Å². The Morgan fingerprint density at radius 1 is 1.27 bits per heavy atom. The number of hydrogen-bond donors (Lipinski definition) is 4. The summed E-state index contributed by atoms with van der Waals surface area (Å²) in [4.78, 5) is 33.0. The second-order valence-corrected chi connectivity index (χ2v) is 7.79. The zero-order valence-corrected chi connectivity index (χ0v) is 16.7. The Morgan fingerprint density at radius 3 is 2.47 bits per heavy atom. The van der Waals surface area contributed by atoms with Crippen LogP contribution in [-0.2, 0) is 4.74 Å². The monoisotopic (exact) mass is 424 g/mol. The van der Waals surface area contributed by atoms with E-state index in [2.05, 4.69) is 10.6 Å². The average Bonchev–Trinajstić information content (AvgIpc) is 2.63. The van der Waals surface area contributed by atoms with E-state index in [1.54, 1.807) is 20.8 Å². The number of non-ortho nitro benzene ring substituents is 1. The fraction of sp³-hybridized carbons (Fsp3) is 0.500. The third kappa shape index (κ3) is 5.64. The van der Waals surface area contributed by atoms with Gasteiger partial charge in [-0.3, -0.25) is 25.5 Å². The molecule has 0 unspecified atom stereocenters. The molecule has 0 aliphatic heterocycles. The first-order chi connectivity index (χ1) is 13.9. The molecule has 4 N–H and O–H groups in total. The maximum atomic E-state index is 12.2. The van der Waals surface area contributed by atoms with Crippen LogP contribution in [0.3, 0.4) is 0 Å². The number of hydrogen-bond acceptors (Lipinski definition) is 9. The predicted octanol–water partition coefficient (Wildman–Crippen LogP) is 2.41.